The van der Waals surface area contributed by atoms with E-state index in [0.717, 1.165) is 25.7 Å². The average Bonchev–Trinajstić information content (AvgIpc) is 3.43. The van der Waals surface area contributed by atoms with Crippen molar-refractivity contribution in [1.29, 1.82) is 0 Å². The molecular formula is C21H30N4O5S. The minimum atomic E-state index is -3.67. The molecule has 10 heteroatoms. The van der Waals surface area contributed by atoms with Gasteiger partial charge >= 0.3 is 0 Å². The molecule has 2 heterocycles. The third kappa shape index (κ3) is 5.15. The number of hydrogen-bond donors (Lipinski definition) is 3. The average molecular weight is 451 g/mol. The van der Waals surface area contributed by atoms with Crippen molar-refractivity contribution in [2.75, 3.05) is 6.61 Å². The number of aliphatic hydroxyl groups excluding tert-OH is 1. The second-order valence-corrected chi connectivity index (χ2v) is 10.2. The molecule has 3 N–H and O–H groups in total. The Bertz CT molecular complexity index is 959. The summed E-state index contributed by atoms with van der Waals surface area (Å²) in [7, 11) is -3.67. The van der Waals surface area contributed by atoms with Gasteiger partial charge in [0.15, 0.2) is 0 Å². The normalized spacial score (nSPS) is 26.2. The zero-order chi connectivity index (χ0) is 21.9. The van der Waals surface area contributed by atoms with E-state index in [0.29, 0.717) is 31.5 Å². The highest BCUT2D eigenvalue weighted by Crippen LogP contribution is 2.37. The largest absolute Gasteiger partial charge is 0.394 e. The number of aliphatic hydroxyl groups is 2. The topological polar surface area (TPSA) is 127 Å². The predicted molar refractivity (Wildman–Crippen MR) is 113 cm³/mol. The molecule has 1 saturated heterocycles. The highest BCUT2D eigenvalue weighted by atomic mass is 32.2. The molecule has 0 spiro atoms. The van der Waals surface area contributed by atoms with E-state index in [2.05, 4.69) is 15.0 Å². The van der Waals surface area contributed by atoms with Crippen LogP contribution in [-0.4, -0.2) is 58.5 Å². The Balaban J connectivity index is 1.31. The lowest BCUT2D eigenvalue weighted by molar-refractivity contribution is -0.0891. The smallest absolute Gasteiger partial charge is 0.240 e. The predicted octanol–water partition coefficient (Wildman–Crippen LogP) is 1.32. The summed E-state index contributed by atoms with van der Waals surface area (Å²) in [6.45, 7) is 0.311. The Kier molecular flexibility index (Phi) is 6.73. The van der Waals surface area contributed by atoms with Gasteiger partial charge in [-0.25, -0.2) is 13.1 Å². The van der Waals surface area contributed by atoms with Gasteiger partial charge in [0.2, 0.25) is 10.0 Å². The van der Waals surface area contributed by atoms with Crippen LogP contribution in [0.3, 0.4) is 0 Å². The molecular weight excluding hydrogens is 420 g/mol. The number of aromatic nitrogens is 3. The molecule has 1 saturated carbocycles. The van der Waals surface area contributed by atoms with Crippen molar-refractivity contribution in [3.05, 3.63) is 42.2 Å². The first-order valence-electron chi connectivity index (χ1n) is 10.9. The third-order valence-corrected chi connectivity index (χ3v) is 7.79. The van der Waals surface area contributed by atoms with Crippen molar-refractivity contribution in [1.82, 2.24) is 19.7 Å². The van der Waals surface area contributed by atoms with Crippen LogP contribution in [0.4, 0.5) is 0 Å². The number of ether oxygens (including phenoxy) is 1. The fourth-order valence-corrected chi connectivity index (χ4v) is 5.78. The zero-order valence-electron chi connectivity index (χ0n) is 17.4. The molecule has 0 radical (unpaired) electrons. The number of nitrogens with one attached hydrogen (secondary N) is 1. The van der Waals surface area contributed by atoms with Crippen molar-refractivity contribution in [3.63, 3.8) is 0 Å². The van der Waals surface area contributed by atoms with Crippen molar-refractivity contribution in [2.45, 2.75) is 80.2 Å². The Morgan fingerprint density at radius 1 is 1.19 bits per heavy atom. The number of rotatable bonds is 8. The van der Waals surface area contributed by atoms with Crippen LogP contribution >= 0.6 is 0 Å². The first kappa shape index (κ1) is 22.3. The van der Waals surface area contributed by atoms with Gasteiger partial charge in [0.1, 0.15) is 11.3 Å². The number of hydrogen-bond acceptors (Lipinski definition) is 7. The first-order valence-corrected chi connectivity index (χ1v) is 12.3. The Morgan fingerprint density at radius 3 is 2.65 bits per heavy atom. The van der Waals surface area contributed by atoms with Gasteiger partial charge in [-0.05, 0) is 44.2 Å². The van der Waals surface area contributed by atoms with Crippen molar-refractivity contribution < 1.29 is 23.4 Å². The van der Waals surface area contributed by atoms with Crippen LogP contribution in [0.1, 0.15) is 50.6 Å². The molecule has 2 aliphatic rings. The number of benzene rings is 1. The lowest BCUT2D eigenvalue weighted by Gasteiger charge is -2.36. The molecule has 1 aromatic carbocycles. The van der Waals surface area contributed by atoms with Crippen LogP contribution in [0.15, 0.2) is 41.4 Å². The Hall–Kier alpha value is -1.85. The maximum absolute atomic E-state index is 12.6. The van der Waals surface area contributed by atoms with E-state index >= 15 is 0 Å². The van der Waals surface area contributed by atoms with Crippen LogP contribution in [0.2, 0.25) is 0 Å². The van der Waals surface area contributed by atoms with Gasteiger partial charge in [0.05, 0.1) is 35.9 Å². The fourth-order valence-electron chi connectivity index (χ4n) is 4.46. The molecule has 0 amide bonds. The lowest BCUT2D eigenvalue weighted by atomic mass is 9.98. The standard InChI is InChI=1S/C21H30N4O5S/c26-15-19-18(23-31(28,29)17-6-2-1-3-7-17)9-8-16(30-19)10-13-25-14-20(22-24-25)21(27)11-4-5-12-21/h1-3,6-7,14,16,18-19,23,26-27H,4-5,8-13,15H2/t16-,18+,19-/m0/s1. The number of nitrogens with zero attached hydrogens (tertiary/aromatic N) is 3. The van der Waals surface area contributed by atoms with Gasteiger partial charge in [0.25, 0.3) is 0 Å². The zero-order valence-corrected chi connectivity index (χ0v) is 18.2. The lowest BCUT2D eigenvalue weighted by Crippen LogP contribution is -2.50. The van der Waals surface area contributed by atoms with Crippen LogP contribution in [-0.2, 0) is 26.9 Å². The quantitative estimate of drug-likeness (QED) is 0.553. The Morgan fingerprint density at radius 2 is 1.94 bits per heavy atom. The van der Waals surface area contributed by atoms with E-state index in [1.165, 1.54) is 12.1 Å². The van der Waals surface area contributed by atoms with Gasteiger partial charge in [-0.1, -0.05) is 36.3 Å². The highest BCUT2D eigenvalue weighted by molar-refractivity contribution is 7.89. The minimum absolute atomic E-state index is 0.114. The van der Waals surface area contributed by atoms with Gasteiger partial charge in [-0.15, -0.1) is 5.10 Å². The summed E-state index contributed by atoms with van der Waals surface area (Å²) in [4.78, 5) is 0.194. The SMILES string of the molecule is O=S(=O)(N[C@@H]1CC[C@@H](CCn2cc(C3(O)CCCC3)nn2)O[C@H]1CO)c1ccccc1. The Labute approximate surface area is 182 Å². The highest BCUT2D eigenvalue weighted by Gasteiger charge is 2.36. The molecule has 1 aliphatic heterocycles. The van der Waals surface area contributed by atoms with Gasteiger partial charge < -0.3 is 14.9 Å². The summed E-state index contributed by atoms with van der Waals surface area (Å²) < 4.78 is 35.6. The van der Waals surface area contributed by atoms with Gasteiger partial charge in [-0.2, -0.15) is 0 Å². The van der Waals surface area contributed by atoms with Gasteiger partial charge in [-0.3, -0.25) is 4.68 Å². The first-order chi connectivity index (χ1) is 14.9. The van der Waals surface area contributed by atoms with E-state index in [4.69, 9.17) is 4.74 Å². The molecule has 0 unspecified atom stereocenters. The van der Waals surface area contributed by atoms with Crippen LogP contribution in [0.25, 0.3) is 0 Å². The molecule has 9 nitrogen and oxygen atoms in total. The molecule has 0 bridgehead atoms. The maximum atomic E-state index is 12.6. The van der Waals surface area contributed by atoms with Crippen LogP contribution in [0.5, 0.6) is 0 Å². The summed E-state index contributed by atoms with van der Waals surface area (Å²) in [6, 6.07) is 7.70. The van der Waals surface area contributed by atoms with E-state index in [1.807, 2.05) is 0 Å². The fraction of sp³-hybridized carbons (Fsp3) is 0.619. The number of aryl methyl sites for hydroxylation is 1. The summed E-state index contributed by atoms with van der Waals surface area (Å²) in [5.74, 6) is 0. The molecule has 1 aliphatic carbocycles. The maximum Gasteiger partial charge on any atom is 0.240 e. The third-order valence-electron chi connectivity index (χ3n) is 6.28. The van der Waals surface area contributed by atoms with Crippen LogP contribution < -0.4 is 4.72 Å². The van der Waals surface area contributed by atoms with E-state index < -0.39 is 27.8 Å². The minimum Gasteiger partial charge on any atom is -0.394 e. The number of sulfonamides is 1. The summed E-state index contributed by atoms with van der Waals surface area (Å²) in [5, 5.41) is 28.7. The van der Waals surface area contributed by atoms with Crippen molar-refractivity contribution in [2.24, 2.45) is 0 Å². The molecule has 31 heavy (non-hydrogen) atoms. The molecule has 1 aromatic heterocycles. The van der Waals surface area contributed by atoms with Crippen LogP contribution in [0, 0.1) is 0 Å². The summed E-state index contributed by atoms with van der Waals surface area (Å²) in [5.41, 5.74) is -0.233. The monoisotopic (exact) mass is 450 g/mol. The van der Waals surface area contributed by atoms with Gasteiger partial charge in [0, 0.05) is 6.54 Å². The molecule has 2 fully saturated rings. The second kappa shape index (κ2) is 9.33. The molecule has 3 atom stereocenters. The van der Waals surface area contributed by atoms with E-state index in [1.54, 1.807) is 29.1 Å². The molecule has 170 valence electrons. The summed E-state index contributed by atoms with van der Waals surface area (Å²) in [6.07, 6.45) is 6.41. The second-order valence-electron chi connectivity index (χ2n) is 8.49. The van der Waals surface area contributed by atoms with E-state index in [-0.39, 0.29) is 17.6 Å². The van der Waals surface area contributed by atoms with Crippen molar-refractivity contribution >= 4 is 10.0 Å². The molecule has 2 aromatic rings. The van der Waals surface area contributed by atoms with E-state index in [9.17, 15) is 18.6 Å². The molecule has 4 rings (SSSR count). The van der Waals surface area contributed by atoms with Crippen molar-refractivity contribution in [3.8, 4) is 0 Å². The summed E-state index contributed by atoms with van der Waals surface area (Å²) >= 11 is 0.